The van der Waals surface area contributed by atoms with Gasteiger partial charge in [0.05, 0.1) is 6.61 Å². The molecule has 0 spiro atoms. The van der Waals surface area contributed by atoms with Crippen molar-refractivity contribution in [3.05, 3.63) is 28.8 Å². The topological polar surface area (TPSA) is 30.5 Å². The summed E-state index contributed by atoms with van der Waals surface area (Å²) in [7, 11) is 0. The van der Waals surface area contributed by atoms with Gasteiger partial charge in [-0.3, -0.25) is 0 Å². The lowest BCUT2D eigenvalue weighted by atomic mass is 10.2. The van der Waals surface area contributed by atoms with Gasteiger partial charge in [0, 0.05) is 24.7 Å². The third-order valence-corrected chi connectivity index (χ3v) is 2.54. The van der Waals surface area contributed by atoms with Gasteiger partial charge in [0.25, 0.3) is 0 Å². The van der Waals surface area contributed by atoms with Crippen LogP contribution in [0, 0.1) is 6.92 Å². The molecule has 17 heavy (non-hydrogen) atoms. The van der Waals surface area contributed by atoms with Crippen molar-refractivity contribution in [3.63, 3.8) is 0 Å². The van der Waals surface area contributed by atoms with Gasteiger partial charge in [-0.2, -0.15) is 0 Å². The van der Waals surface area contributed by atoms with Crippen LogP contribution in [-0.2, 0) is 4.74 Å². The van der Waals surface area contributed by atoms with Gasteiger partial charge in [0.15, 0.2) is 0 Å². The molecule has 4 heteroatoms. The van der Waals surface area contributed by atoms with E-state index in [1.54, 1.807) is 0 Å². The summed E-state index contributed by atoms with van der Waals surface area (Å²) >= 11 is 5.87. The Hall–Kier alpha value is -0.770. The highest BCUT2D eigenvalue weighted by atomic mass is 35.5. The fourth-order valence-corrected chi connectivity index (χ4v) is 1.65. The normalized spacial score (nSPS) is 10.5. The Morgan fingerprint density at radius 3 is 2.71 bits per heavy atom. The molecule has 0 saturated carbocycles. The molecule has 0 amide bonds. The second-order valence-electron chi connectivity index (χ2n) is 3.71. The van der Waals surface area contributed by atoms with Crippen molar-refractivity contribution in [2.75, 3.05) is 32.9 Å². The summed E-state index contributed by atoms with van der Waals surface area (Å²) in [5, 5.41) is 3.99. The molecule has 1 aromatic carbocycles. The average Bonchev–Trinajstić information content (AvgIpc) is 2.30. The van der Waals surface area contributed by atoms with E-state index in [0.717, 1.165) is 42.6 Å². The molecule has 1 aromatic rings. The second kappa shape index (κ2) is 8.34. The number of aryl methyl sites for hydroxylation is 1. The van der Waals surface area contributed by atoms with E-state index in [9.17, 15) is 0 Å². The zero-order valence-electron chi connectivity index (χ0n) is 10.5. The van der Waals surface area contributed by atoms with Crippen molar-refractivity contribution in [1.29, 1.82) is 0 Å². The highest BCUT2D eigenvalue weighted by Gasteiger charge is 1.99. The van der Waals surface area contributed by atoms with Gasteiger partial charge in [0.2, 0.25) is 0 Å². The molecular formula is C13H20ClNO2. The summed E-state index contributed by atoms with van der Waals surface area (Å²) in [5.41, 5.74) is 1.06. The predicted octanol–water partition coefficient (Wildman–Crippen LogP) is 2.65. The van der Waals surface area contributed by atoms with E-state index in [0.29, 0.717) is 6.61 Å². The van der Waals surface area contributed by atoms with Crippen LogP contribution in [0.25, 0.3) is 0 Å². The Labute approximate surface area is 108 Å². The molecule has 3 nitrogen and oxygen atoms in total. The minimum Gasteiger partial charge on any atom is -0.492 e. The number of hydrogen-bond acceptors (Lipinski definition) is 3. The Balaban J connectivity index is 2.14. The summed E-state index contributed by atoms with van der Waals surface area (Å²) < 4.78 is 10.8. The monoisotopic (exact) mass is 257 g/mol. The first-order valence-electron chi connectivity index (χ1n) is 5.91. The largest absolute Gasteiger partial charge is 0.492 e. The summed E-state index contributed by atoms with van der Waals surface area (Å²) in [4.78, 5) is 0. The number of benzene rings is 1. The molecular weight excluding hydrogens is 238 g/mol. The highest BCUT2D eigenvalue weighted by Crippen LogP contribution is 2.21. The Morgan fingerprint density at radius 2 is 2.00 bits per heavy atom. The van der Waals surface area contributed by atoms with Crippen molar-refractivity contribution in [2.24, 2.45) is 0 Å². The van der Waals surface area contributed by atoms with Crippen molar-refractivity contribution in [1.82, 2.24) is 5.32 Å². The van der Waals surface area contributed by atoms with E-state index < -0.39 is 0 Å². The number of halogens is 1. The van der Waals surface area contributed by atoms with E-state index in [1.165, 1.54) is 0 Å². The van der Waals surface area contributed by atoms with Crippen LogP contribution in [0.5, 0.6) is 5.75 Å². The van der Waals surface area contributed by atoms with Crippen LogP contribution in [0.1, 0.15) is 12.5 Å². The minimum absolute atomic E-state index is 0.647. The maximum absolute atomic E-state index is 5.87. The standard InChI is InChI=1S/C13H20ClNO2/c1-3-16-8-6-15-7-9-17-13-5-4-12(14)10-11(13)2/h4-5,10,15H,3,6-9H2,1-2H3. The van der Waals surface area contributed by atoms with Crippen molar-refractivity contribution in [3.8, 4) is 5.75 Å². The molecule has 0 unspecified atom stereocenters. The minimum atomic E-state index is 0.647. The number of hydrogen-bond donors (Lipinski definition) is 1. The highest BCUT2D eigenvalue weighted by molar-refractivity contribution is 6.30. The fraction of sp³-hybridized carbons (Fsp3) is 0.538. The smallest absolute Gasteiger partial charge is 0.122 e. The first-order chi connectivity index (χ1) is 8.24. The van der Waals surface area contributed by atoms with Crippen LogP contribution in [0.4, 0.5) is 0 Å². The predicted molar refractivity (Wildman–Crippen MR) is 71.0 cm³/mol. The van der Waals surface area contributed by atoms with Crippen molar-refractivity contribution in [2.45, 2.75) is 13.8 Å². The lowest BCUT2D eigenvalue weighted by Crippen LogP contribution is -2.25. The molecule has 96 valence electrons. The van der Waals surface area contributed by atoms with Gasteiger partial charge in [0.1, 0.15) is 12.4 Å². The van der Waals surface area contributed by atoms with Gasteiger partial charge < -0.3 is 14.8 Å². The Morgan fingerprint density at radius 1 is 1.24 bits per heavy atom. The lowest BCUT2D eigenvalue weighted by molar-refractivity contribution is 0.148. The molecule has 0 heterocycles. The van der Waals surface area contributed by atoms with E-state index in [-0.39, 0.29) is 0 Å². The van der Waals surface area contributed by atoms with Crippen LogP contribution in [0.2, 0.25) is 5.02 Å². The number of rotatable bonds is 8. The third-order valence-electron chi connectivity index (χ3n) is 2.30. The van der Waals surface area contributed by atoms with Gasteiger partial charge in [-0.05, 0) is 37.6 Å². The Bertz CT molecular complexity index is 331. The molecule has 0 saturated heterocycles. The molecule has 0 atom stereocenters. The molecule has 0 aromatic heterocycles. The first kappa shape index (κ1) is 14.3. The maximum Gasteiger partial charge on any atom is 0.122 e. The fourth-order valence-electron chi connectivity index (χ4n) is 1.42. The van der Waals surface area contributed by atoms with E-state index in [1.807, 2.05) is 32.0 Å². The van der Waals surface area contributed by atoms with Crippen molar-refractivity contribution >= 4 is 11.6 Å². The quantitative estimate of drug-likeness (QED) is 0.727. The molecule has 0 aliphatic carbocycles. The van der Waals surface area contributed by atoms with Gasteiger partial charge in [-0.1, -0.05) is 11.6 Å². The summed E-state index contributed by atoms with van der Waals surface area (Å²) in [6.45, 7) is 7.81. The maximum atomic E-state index is 5.87. The molecule has 1 rings (SSSR count). The second-order valence-corrected chi connectivity index (χ2v) is 4.14. The van der Waals surface area contributed by atoms with Crippen molar-refractivity contribution < 1.29 is 9.47 Å². The van der Waals surface area contributed by atoms with Gasteiger partial charge in [-0.15, -0.1) is 0 Å². The number of ether oxygens (including phenoxy) is 2. The average molecular weight is 258 g/mol. The van der Waals surface area contributed by atoms with E-state index in [4.69, 9.17) is 21.1 Å². The van der Waals surface area contributed by atoms with Gasteiger partial charge >= 0.3 is 0 Å². The molecule has 0 aliphatic rings. The van der Waals surface area contributed by atoms with Crippen LogP contribution >= 0.6 is 11.6 Å². The molecule has 0 fully saturated rings. The zero-order chi connectivity index (χ0) is 12.5. The van der Waals surface area contributed by atoms with Crippen LogP contribution in [0.3, 0.4) is 0 Å². The van der Waals surface area contributed by atoms with E-state index in [2.05, 4.69) is 5.32 Å². The summed E-state index contributed by atoms with van der Waals surface area (Å²) in [5.74, 6) is 0.890. The summed E-state index contributed by atoms with van der Waals surface area (Å²) in [6.07, 6.45) is 0. The molecule has 0 aliphatic heterocycles. The third kappa shape index (κ3) is 5.91. The number of nitrogens with one attached hydrogen (secondary N) is 1. The van der Waals surface area contributed by atoms with Gasteiger partial charge in [-0.25, -0.2) is 0 Å². The molecule has 0 bridgehead atoms. The van der Waals surface area contributed by atoms with Crippen LogP contribution < -0.4 is 10.1 Å². The molecule has 1 N–H and O–H groups in total. The van der Waals surface area contributed by atoms with E-state index >= 15 is 0 Å². The van der Waals surface area contributed by atoms with Crippen LogP contribution in [0.15, 0.2) is 18.2 Å². The van der Waals surface area contributed by atoms with Crippen LogP contribution in [-0.4, -0.2) is 32.9 Å². The lowest BCUT2D eigenvalue weighted by Gasteiger charge is -2.10. The summed E-state index contributed by atoms with van der Waals surface area (Å²) in [6, 6.07) is 5.64. The molecule has 0 radical (unpaired) electrons. The SMILES string of the molecule is CCOCCNCCOc1ccc(Cl)cc1C. The Kier molecular flexibility index (Phi) is 7.01. The zero-order valence-corrected chi connectivity index (χ0v) is 11.2. The first-order valence-corrected chi connectivity index (χ1v) is 6.29.